The molecule has 78 valence electrons. The van der Waals surface area contributed by atoms with E-state index in [1.807, 2.05) is 0 Å². The molecule has 0 saturated heterocycles. The molecule has 0 amide bonds. The van der Waals surface area contributed by atoms with Crippen molar-refractivity contribution in [2.75, 3.05) is 13.1 Å². The average molecular weight is 312 g/mol. The maximum atomic E-state index is 4.57. The molecule has 3 rings (SSSR count). The monoisotopic (exact) mass is 312 g/mol. The first-order valence-corrected chi connectivity index (χ1v) is 6.44. The minimum Gasteiger partial charge on any atom is -0.371 e. The van der Waals surface area contributed by atoms with Gasteiger partial charge in [-0.15, -0.1) is 0 Å². The van der Waals surface area contributed by atoms with Crippen LogP contribution in [0.1, 0.15) is 18.4 Å². The van der Waals surface area contributed by atoms with Crippen molar-refractivity contribution in [1.82, 2.24) is 5.32 Å². The highest BCUT2D eigenvalue weighted by Gasteiger charge is 2.49. The Morgan fingerprint density at radius 1 is 1.20 bits per heavy atom. The molecule has 1 aliphatic carbocycles. The molecule has 0 aromatic heterocycles. The molecule has 2 aliphatic rings. The summed E-state index contributed by atoms with van der Waals surface area (Å²) in [6.07, 6.45) is 2.50. The van der Waals surface area contributed by atoms with E-state index >= 15 is 0 Å². The number of nitrogens with one attached hydrogen (secondary N) is 1. The van der Waals surface area contributed by atoms with Gasteiger partial charge in [0.15, 0.2) is 0 Å². The zero-order valence-corrected chi connectivity index (χ0v) is 10.6. The summed E-state index contributed by atoms with van der Waals surface area (Å²) >= 11 is 2.35. The van der Waals surface area contributed by atoms with Gasteiger partial charge in [0, 0.05) is 10.1 Å². The minimum absolute atomic E-state index is 0.251. The summed E-state index contributed by atoms with van der Waals surface area (Å²) < 4.78 is 1.30. The van der Waals surface area contributed by atoms with Crippen molar-refractivity contribution >= 4 is 28.4 Å². The maximum absolute atomic E-state index is 4.57. The number of hydrogen-bond donors (Lipinski definition) is 1. The SMILES string of the molecule is Ic1ccc(C2(C3=NCCN3)CC2)cc1. The van der Waals surface area contributed by atoms with Gasteiger partial charge in [-0.1, -0.05) is 12.1 Å². The zero-order valence-electron chi connectivity index (χ0n) is 8.46. The fourth-order valence-electron chi connectivity index (χ4n) is 2.27. The molecule has 3 heteroatoms. The molecule has 0 bridgehead atoms. The minimum atomic E-state index is 0.251. The van der Waals surface area contributed by atoms with Gasteiger partial charge >= 0.3 is 0 Å². The molecule has 1 N–H and O–H groups in total. The average Bonchev–Trinajstić information content (AvgIpc) is 2.88. The van der Waals surface area contributed by atoms with Gasteiger partial charge in [0.1, 0.15) is 5.84 Å². The largest absolute Gasteiger partial charge is 0.371 e. The van der Waals surface area contributed by atoms with Crippen molar-refractivity contribution in [2.24, 2.45) is 4.99 Å². The van der Waals surface area contributed by atoms with Crippen LogP contribution in [-0.4, -0.2) is 18.9 Å². The quantitative estimate of drug-likeness (QED) is 0.833. The number of halogens is 1. The molecule has 1 heterocycles. The van der Waals surface area contributed by atoms with Crippen molar-refractivity contribution < 1.29 is 0 Å². The molecule has 1 aliphatic heterocycles. The van der Waals surface area contributed by atoms with Crippen LogP contribution in [0.5, 0.6) is 0 Å². The van der Waals surface area contributed by atoms with Gasteiger partial charge in [-0.2, -0.15) is 0 Å². The van der Waals surface area contributed by atoms with Crippen molar-refractivity contribution in [1.29, 1.82) is 0 Å². The Morgan fingerprint density at radius 2 is 1.93 bits per heavy atom. The molecular formula is C12H13IN2. The summed E-state index contributed by atoms with van der Waals surface area (Å²) in [5, 5.41) is 3.42. The highest BCUT2D eigenvalue weighted by Crippen LogP contribution is 2.49. The van der Waals surface area contributed by atoms with Crippen LogP contribution >= 0.6 is 22.6 Å². The van der Waals surface area contributed by atoms with Gasteiger partial charge < -0.3 is 5.32 Å². The van der Waals surface area contributed by atoms with Crippen LogP contribution in [0.2, 0.25) is 0 Å². The van der Waals surface area contributed by atoms with E-state index in [0.717, 1.165) is 13.1 Å². The fraction of sp³-hybridized carbons (Fsp3) is 0.417. The Balaban J connectivity index is 1.96. The second-order valence-electron chi connectivity index (χ2n) is 4.25. The van der Waals surface area contributed by atoms with Gasteiger partial charge in [-0.05, 0) is 53.1 Å². The summed E-state index contributed by atoms with van der Waals surface area (Å²) in [6.45, 7) is 1.96. The van der Waals surface area contributed by atoms with E-state index in [0.29, 0.717) is 0 Å². The predicted molar refractivity (Wildman–Crippen MR) is 70.4 cm³/mol. The number of amidine groups is 1. The van der Waals surface area contributed by atoms with Crippen LogP contribution < -0.4 is 5.32 Å². The summed E-state index contributed by atoms with van der Waals surface area (Å²) in [6, 6.07) is 8.87. The van der Waals surface area contributed by atoms with Crippen molar-refractivity contribution in [3.8, 4) is 0 Å². The lowest BCUT2D eigenvalue weighted by molar-refractivity contribution is 0.880. The molecule has 0 unspecified atom stereocenters. The summed E-state index contributed by atoms with van der Waals surface area (Å²) in [4.78, 5) is 4.57. The number of rotatable bonds is 2. The lowest BCUT2D eigenvalue weighted by Gasteiger charge is -2.16. The first kappa shape index (κ1) is 9.63. The number of hydrogen-bond acceptors (Lipinski definition) is 2. The number of benzene rings is 1. The Hall–Kier alpha value is -0.580. The second-order valence-corrected chi connectivity index (χ2v) is 5.49. The van der Waals surface area contributed by atoms with Crippen LogP contribution in [0.4, 0.5) is 0 Å². The van der Waals surface area contributed by atoms with E-state index in [2.05, 4.69) is 57.2 Å². The Labute approximate surface area is 103 Å². The van der Waals surface area contributed by atoms with Gasteiger partial charge in [0.2, 0.25) is 0 Å². The molecule has 1 aromatic carbocycles. The summed E-state index contributed by atoms with van der Waals surface area (Å²) in [5.41, 5.74) is 1.68. The summed E-state index contributed by atoms with van der Waals surface area (Å²) in [5.74, 6) is 1.23. The van der Waals surface area contributed by atoms with Crippen molar-refractivity contribution in [3.63, 3.8) is 0 Å². The fourth-order valence-corrected chi connectivity index (χ4v) is 2.63. The molecule has 2 nitrogen and oxygen atoms in total. The molecule has 1 fully saturated rings. The molecule has 1 saturated carbocycles. The van der Waals surface area contributed by atoms with Crippen molar-refractivity contribution in [3.05, 3.63) is 33.4 Å². The maximum Gasteiger partial charge on any atom is 0.107 e. The van der Waals surface area contributed by atoms with Crippen LogP contribution in [-0.2, 0) is 5.41 Å². The van der Waals surface area contributed by atoms with Gasteiger partial charge in [-0.25, -0.2) is 0 Å². The van der Waals surface area contributed by atoms with E-state index in [4.69, 9.17) is 0 Å². The smallest absolute Gasteiger partial charge is 0.107 e. The third-order valence-corrected chi connectivity index (χ3v) is 3.99. The Bertz CT molecular complexity index is 404. The predicted octanol–water partition coefficient (Wildman–Crippen LogP) is 2.32. The van der Waals surface area contributed by atoms with Crippen LogP contribution in [0.3, 0.4) is 0 Å². The second kappa shape index (κ2) is 3.47. The first-order chi connectivity index (χ1) is 7.31. The first-order valence-electron chi connectivity index (χ1n) is 5.36. The van der Waals surface area contributed by atoms with Gasteiger partial charge in [-0.3, -0.25) is 4.99 Å². The standard InChI is InChI=1S/C12H13IN2/c13-10-3-1-9(2-4-10)12(5-6-12)11-14-7-8-15-11/h1-4H,5-8H2,(H,14,15). The Kier molecular flexibility index (Phi) is 2.23. The zero-order chi connectivity index (χ0) is 10.3. The van der Waals surface area contributed by atoms with Crippen LogP contribution in [0.25, 0.3) is 0 Å². The third kappa shape index (κ3) is 1.57. The van der Waals surface area contributed by atoms with Crippen LogP contribution in [0, 0.1) is 3.57 Å². The Morgan fingerprint density at radius 3 is 2.47 bits per heavy atom. The number of aliphatic imine (C=N–C) groups is 1. The van der Waals surface area contributed by atoms with E-state index in [9.17, 15) is 0 Å². The highest BCUT2D eigenvalue weighted by atomic mass is 127. The highest BCUT2D eigenvalue weighted by molar-refractivity contribution is 14.1. The molecule has 15 heavy (non-hydrogen) atoms. The molecule has 0 radical (unpaired) electrons. The number of nitrogens with zero attached hydrogens (tertiary/aromatic N) is 1. The molecule has 0 spiro atoms. The van der Waals surface area contributed by atoms with Crippen LogP contribution in [0.15, 0.2) is 29.3 Å². The van der Waals surface area contributed by atoms with E-state index in [1.165, 1.54) is 27.8 Å². The summed E-state index contributed by atoms with van der Waals surface area (Å²) in [7, 11) is 0. The van der Waals surface area contributed by atoms with Gasteiger partial charge in [0.25, 0.3) is 0 Å². The molecular weight excluding hydrogens is 299 g/mol. The third-order valence-electron chi connectivity index (χ3n) is 3.27. The topological polar surface area (TPSA) is 24.4 Å². The lowest BCUT2D eigenvalue weighted by Crippen LogP contribution is -2.31. The van der Waals surface area contributed by atoms with E-state index in [1.54, 1.807) is 0 Å². The normalized spacial score (nSPS) is 22.1. The van der Waals surface area contributed by atoms with E-state index in [-0.39, 0.29) is 5.41 Å². The van der Waals surface area contributed by atoms with Gasteiger partial charge in [0.05, 0.1) is 12.0 Å². The molecule has 0 atom stereocenters. The van der Waals surface area contributed by atoms with Crippen molar-refractivity contribution in [2.45, 2.75) is 18.3 Å². The van der Waals surface area contributed by atoms with E-state index < -0.39 is 0 Å². The lowest BCUT2D eigenvalue weighted by atomic mass is 9.95. The molecule has 1 aromatic rings.